The van der Waals surface area contributed by atoms with Crippen LogP contribution in [0.2, 0.25) is 0 Å². The third-order valence-electron chi connectivity index (χ3n) is 2.43. The zero-order valence-electron chi connectivity index (χ0n) is 9.98. The zero-order chi connectivity index (χ0) is 12.4. The van der Waals surface area contributed by atoms with Crippen molar-refractivity contribution in [3.63, 3.8) is 0 Å². The number of anilines is 1. The molecule has 0 bridgehead atoms. The predicted octanol–water partition coefficient (Wildman–Crippen LogP) is 2.73. The zero-order valence-corrected chi connectivity index (χ0v) is 11.6. The Morgan fingerprint density at radius 1 is 1.35 bits per heavy atom. The predicted molar refractivity (Wildman–Crippen MR) is 70.9 cm³/mol. The number of hydrogen-bond acceptors (Lipinski definition) is 4. The molecule has 0 fully saturated rings. The first-order chi connectivity index (χ1) is 8.13. The lowest BCUT2D eigenvalue weighted by Gasteiger charge is -2.11. The fourth-order valence-corrected chi connectivity index (χ4v) is 1.94. The van der Waals surface area contributed by atoms with Crippen molar-refractivity contribution in [2.75, 3.05) is 12.4 Å². The Morgan fingerprint density at radius 2 is 2.12 bits per heavy atom. The highest BCUT2D eigenvalue weighted by Crippen LogP contribution is 2.24. The summed E-state index contributed by atoms with van der Waals surface area (Å²) in [6.07, 6.45) is 5.32. The first-order valence-electron chi connectivity index (χ1n) is 5.36. The molecule has 0 aliphatic rings. The van der Waals surface area contributed by atoms with Crippen molar-refractivity contribution in [1.29, 1.82) is 0 Å². The second-order valence-corrected chi connectivity index (χ2v) is 4.77. The van der Waals surface area contributed by atoms with Gasteiger partial charge in [-0.2, -0.15) is 0 Å². The van der Waals surface area contributed by atoms with Crippen LogP contribution in [0, 0.1) is 0 Å². The Balaban J connectivity index is 2.49. The number of nitrogens with zero attached hydrogens (tertiary/aromatic N) is 4. The van der Waals surface area contributed by atoms with Crippen LogP contribution in [-0.2, 0) is 0 Å². The Labute approximate surface area is 108 Å². The lowest BCUT2D eigenvalue weighted by Crippen LogP contribution is -2.04. The van der Waals surface area contributed by atoms with Gasteiger partial charge in [-0.25, -0.2) is 15.0 Å². The standard InChI is InChI=1S/C11H14BrN5/c1-7(2)17-6-14-5-9(17)11-15-4-8(12)10(13-3)16-11/h4-7H,1-3H3,(H,13,15,16). The van der Waals surface area contributed by atoms with Crippen molar-refractivity contribution in [3.05, 3.63) is 23.2 Å². The van der Waals surface area contributed by atoms with Crippen molar-refractivity contribution in [2.45, 2.75) is 19.9 Å². The van der Waals surface area contributed by atoms with E-state index in [0.29, 0.717) is 11.9 Å². The van der Waals surface area contributed by atoms with Crippen LogP contribution in [0.4, 0.5) is 5.82 Å². The van der Waals surface area contributed by atoms with E-state index >= 15 is 0 Å². The summed E-state index contributed by atoms with van der Waals surface area (Å²) in [4.78, 5) is 12.9. The van der Waals surface area contributed by atoms with Gasteiger partial charge in [0, 0.05) is 19.3 Å². The second kappa shape index (κ2) is 4.83. The highest BCUT2D eigenvalue weighted by molar-refractivity contribution is 9.10. The average Bonchev–Trinajstić information content (AvgIpc) is 2.78. The van der Waals surface area contributed by atoms with Gasteiger partial charge in [-0.1, -0.05) is 0 Å². The molecule has 2 aromatic heterocycles. The Bertz CT molecular complexity index is 520. The normalized spacial score (nSPS) is 10.9. The van der Waals surface area contributed by atoms with Gasteiger partial charge < -0.3 is 9.88 Å². The van der Waals surface area contributed by atoms with Gasteiger partial charge in [0.2, 0.25) is 0 Å². The molecule has 0 aromatic carbocycles. The number of rotatable bonds is 3. The molecule has 0 amide bonds. The van der Waals surface area contributed by atoms with Gasteiger partial charge in [0.1, 0.15) is 11.5 Å². The topological polar surface area (TPSA) is 55.6 Å². The summed E-state index contributed by atoms with van der Waals surface area (Å²) in [5.74, 6) is 1.44. The van der Waals surface area contributed by atoms with Crippen molar-refractivity contribution < 1.29 is 0 Å². The molecule has 17 heavy (non-hydrogen) atoms. The Kier molecular flexibility index (Phi) is 3.42. The van der Waals surface area contributed by atoms with Crippen molar-refractivity contribution in [1.82, 2.24) is 19.5 Å². The Morgan fingerprint density at radius 3 is 2.76 bits per heavy atom. The maximum Gasteiger partial charge on any atom is 0.179 e. The summed E-state index contributed by atoms with van der Waals surface area (Å²) in [6.45, 7) is 4.20. The van der Waals surface area contributed by atoms with E-state index in [-0.39, 0.29) is 0 Å². The number of aromatic nitrogens is 4. The molecule has 0 saturated carbocycles. The Hall–Kier alpha value is -1.43. The number of halogens is 1. The molecule has 2 rings (SSSR count). The lowest BCUT2D eigenvalue weighted by atomic mass is 10.3. The number of imidazole rings is 1. The van der Waals surface area contributed by atoms with Gasteiger partial charge in [0.25, 0.3) is 0 Å². The summed E-state index contributed by atoms with van der Waals surface area (Å²) in [5.41, 5.74) is 0.920. The molecule has 90 valence electrons. The van der Waals surface area contributed by atoms with Gasteiger partial charge in [0.15, 0.2) is 5.82 Å². The van der Waals surface area contributed by atoms with Gasteiger partial charge in [-0.3, -0.25) is 0 Å². The van der Waals surface area contributed by atoms with E-state index in [9.17, 15) is 0 Å². The highest BCUT2D eigenvalue weighted by Gasteiger charge is 2.12. The smallest absolute Gasteiger partial charge is 0.179 e. The molecule has 0 radical (unpaired) electrons. The molecule has 0 unspecified atom stereocenters. The maximum absolute atomic E-state index is 4.45. The molecule has 2 heterocycles. The van der Waals surface area contributed by atoms with E-state index < -0.39 is 0 Å². The third-order valence-corrected chi connectivity index (χ3v) is 3.01. The van der Waals surface area contributed by atoms with Gasteiger partial charge >= 0.3 is 0 Å². The summed E-state index contributed by atoms with van der Waals surface area (Å²) < 4.78 is 2.89. The fourth-order valence-electron chi connectivity index (χ4n) is 1.56. The maximum atomic E-state index is 4.45. The molecule has 6 heteroatoms. The fraction of sp³-hybridized carbons (Fsp3) is 0.364. The van der Waals surface area contributed by atoms with Gasteiger partial charge in [-0.05, 0) is 29.8 Å². The van der Waals surface area contributed by atoms with E-state index in [1.807, 2.05) is 11.6 Å². The molecule has 0 aliphatic carbocycles. The third kappa shape index (κ3) is 2.31. The van der Waals surface area contributed by atoms with E-state index in [1.54, 1.807) is 18.7 Å². The minimum Gasteiger partial charge on any atom is -0.372 e. The SMILES string of the molecule is CNc1nc(-c2cncn2C(C)C)ncc1Br. The first-order valence-corrected chi connectivity index (χ1v) is 6.15. The molecule has 0 spiro atoms. The summed E-state index contributed by atoms with van der Waals surface area (Å²) in [7, 11) is 1.83. The van der Waals surface area contributed by atoms with E-state index in [1.165, 1.54) is 0 Å². The molecule has 0 saturated heterocycles. The molecule has 2 aromatic rings. The van der Waals surface area contributed by atoms with Crippen LogP contribution in [0.25, 0.3) is 11.5 Å². The molecule has 0 atom stereocenters. The van der Waals surface area contributed by atoms with Crippen molar-refractivity contribution in [2.24, 2.45) is 0 Å². The van der Waals surface area contributed by atoms with Gasteiger partial charge in [-0.15, -0.1) is 0 Å². The van der Waals surface area contributed by atoms with Crippen LogP contribution in [0.15, 0.2) is 23.2 Å². The second-order valence-electron chi connectivity index (χ2n) is 3.92. The van der Waals surface area contributed by atoms with Crippen LogP contribution in [0.3, 0.4) is 0 Å². The molecule has 0 aliphatic heterocycles. The average molecular weight is 296 g/mol. The monoisotopic (exact) mass is 295 g/mol. The lowest BCUT2D eigenvalue weighted by molar-refractivity contribution is 0.603. The van der Waals surface area contributed by atoms with Crippen LogP contribution in [0.5, 0.6) is 0 Å². The molecular formula is C11H14BrN5. The summed E-state index contributed by atoms with van der Waals surface area (Å²) in [5, 5.41) is 3.02. The largest absolute Gasteiger partial charge is 0.372 e. The minimum absolute atomic E-state index is 0.331. The van der Waals surface area contributed by atoms with Crippen LogP contribution >= 0.6 is 15.9 Å². The molecule has 1 N–H and O–H groups in total. The van der Waals surface area contributed by atoms with Crippen LogP contribution in [0.1, 0.15) is 19.9 Å². The van der Waals surface area contributed by atoms with Crippen molar-refractivity contribution >= 4 is 21.7 Å². The summed E-state index contributed by atoms with van der Waals surface area (Å²) >= 11 is 3.39. The van der Waals surface area contributed by atoms with Crippen molar-refractivity contribution in [3.8, 4) is 11.5 Å². The van der Waals surface area contributed by atoms with E-state index in [0.717, 1.165) is 16.0 Å². The van der Waals surface area contributed by atoms with E-state index in [4.69, 9.17) is 0 Å². The summed E-state index contributed by atoms with van der Waals surface area (Å²) in [6, 6.07) is 0.331. The van der Waals surface area contributed by atoms with Crippen LogP contribution < -0.4 is 5.32 Å². The first kappa shape index (κ1) is 12.0. The number of nitrogens with one attached hydrogen (secondary N) is 1. The minimum atomic E-state index is 0.331. The van der Waals surface area contributed by atoms with Gasteiger partial charge in [0.05, 0.1) is 17.0 Å². The number of hydrogen-bond donors (Lipinski definition) is 1. The molecular weight excluding hydrogens is 282 g/mol. The molecule has 5 nitrogen and oxygen atoms in total. The quantitative estimate of drug-likeness (QED) is 0.946. The highest BCUT2D eigenvalue weighted by atomic mass is 79.9. The van der Waals surface area contributed by atoms with E-state index in [2.05, 4.69) is 50.0 Å². The van der Waals surface area contributed by atoms with Crippen LogP contribution in [-0.4, -0.2) is 26.6 Å².